The summed E-state index contributed by atoms with van der Waals surface area (Å²) in [7, 11) is 1.73. The number of phenolic OH excluding ortho intramolecular Hbond substituents is 1. The summed E-state index contributed by atoms with van der Waals surface area (Å²) in [5.74, 6) is 0.205. The maximum absolute atomic E-state index is 12.1. The molecule has 3 nitrogen and oxygen atoms in total. The first-order chi connectivity index (χ1) is 9.56. The first kappa shape index (κ1) is 14.1. The molecule has 0 aliphatic carbocycles. The van der Waals surface area contributed by atoms with Crippen molar-refractivity contribution in [1.82, 2.24) is 0 Å². The van der Waals surface area contributed by atoms with Gasteiger partial charge in [0.1, 0.15) is 5.75 Å². The van der Waals surface area contributed by atoms with E-state index in [2.05, 4.69) is 24.3 Å². The quantitative estimate of drug-likeness (QED) is 0.925. The summed E-state index contributed by atoms with van der Waals surface area (Å²) in [6.07, 6.45) is 1.18. The number of nitrogens with zero attached hydrogens (tertiary/aromatic N) is 1. The number of hydrogen-bond donors (Lipinski definition) is 1. The molecular formula is C17H19NO2. The van der Waals surface area contributed by atoms with Crippen LogP contribution >= 0.6 is 0 Å². The molecule has 0 radical (unpaired) electrons. The second-order valence-electron chi connectivity index (χ2n) is 4.96. The summed E-state index contributed by atoms with van der Waals surface area (Å²) in [5, 5.41) is 9.44. The summed E-state index contributed by atoms with van der Waals surface area (Å²) < 4.78 is 0. The number of rotatable bonds is 4. The Hall–Kier alpha value is -2.29. The summed E-state index contributed by atoms with van der Waals surface area (Å²) in [5.41, 5.74) is 3.09. The first-order valence-electron chi connectivity index (χ1n) is 6.67. The van der Waals surface area contributed by atoms with E-state index < -0.39 is 0 Å². The third-order valence-corrected chi connectivity index (χ3v) is 3.34. The largest absolute Gasteiger partial charge is 0.508 e. The van der Waals surface area contributed by atoms with Crippen LogP contribution < -0.4 is 4.90 Å². The van der Waals surface area contributed by atoms with Crippen molar-refractivity contribution in [1.29, 1.82) is 0 Å². The van der Waals surface area contributed by atoms with Gasteiger partial charge in [-0.05, 0) is 31.0 Å². The fraction of sp³-hybridized carbons (Fsp3) is 0.235. The molecule has 1 N–H and O–H groups in total. The third-order valence-electron chi connectivity index (χ3n) is 3.34. The zero-order valence-electron chi connectivity index (χ0n) is 11.8. The Morgan fingerprint density at radius 1 is 1.15 bits per heavy atom. The minimum atomic E-state index is 0.0381. The number of aryl methyl sites for hydroxylation is 2. The van der Waals surface area contributed by atoms with Crippen LogP contribution in [0.1, 0.15) is 17.5 Å². The Labute approximate surface area is 119 Å². The molecule has 0 spiro atoms. The van der Waals surface area contributed by atoms with Crippen LogP contribution in [0.3, 0.4) is 0 Å². The van der Waals surface area contributed by atoms with Crippen LogP contribution in [0.5, 0.6) is 5.75 Å². The van der Waals surface area contributed by atoms with Gasteiger partial charge in [-0.25, -0.2) is 0 Å². The molecule has 0 aromatic heterocycles. The smallest absolute Gasteiger partial charge is 0.227 e. The standard InChI is InChI=1S/C17H19NO2/c1-13-6-8-14(9-7-13)10-11-17(20)18(2)15-4-3-5-16(19)12-15/h3-9,12,19H,10-11H2,1-2H3. The van der Waals surface area contributed by atoms with Gasteiger partial charge in [-0.15, -0.1) is 0 Å². The molecule has 3 heteroatoms. The highest BCUT2D eigenvalue weighted by atomic mass is 16.3. The Bertz CT molecular complexity index is 590. The molecule has 0 saturated carbocycles. The summed E-state index contributed by atoms with van der Waals surface area (Å²) in [6.45, 7) is 2.05. The fourth-order valence-electron chi connectivity index (χ4n) is 2.02. The highest BCUT2D eigenvalue weighted by Gasteiger charge is 2.11. The Morgan fingerprint density at radius 2 is 1.85 bits per heavy atom. The van der Waals surface area contributed by atoms with E-state index in [-0.39, 0.29) is 11.7 Å². The lowest BCUT2D eigenvalue weighted by Crippen LogP contribution is -2.26. The molecule has 0 atom stereocenters. The molecule has 0 aliphatic heterocycles. The van der Waals surface area contributed by atoms with E-state index in [1.165, 1.54) is 5.56 Å². The Morgan fingerprint density at radius 3 is 2.50 bits per heavy atom. The molecule has 1 amide bonds. The number of carbonyl (C=O) groups is 1. The summed E-state index contributed by atoms with van der Waals surface area (Å²) in [4.78, 5) is 13.7. The number of anilines is 1. The second kappa shape index (κ2) is 6.24. The molecule has 2 aromatic carbocycles. The predicted octanol–water partition coefficient (Wildman–Crippen LogP) is 3.30. The van der Waals surface area contributed by atoms with Crippen LogP contribution in [0.2, 0.25) is 0 Å². The lowest BCUT2D eigenvalue weighted by atomic mass is 10.1. The van der Waals surface area contributed by atoms with Crippen LogP contribution in [-0.2, 0) is 11.2 Å². The molecule has 104 valence electrons. The topological polar surface area (TPSA) is 40.5 Å². The van der Waals surface area contributed by atoms with Gasteiger partial charge in [0.25, 0.3) is 0 Å². The van der Waals surface area contributed by atoms with Crippen molar-refractivity contribution >= 4 is 11.6 Å². The molecule has 20 heavy (non-hydrogen) atoms. The van der Waals surface area contributed by atoms with Crippen molar-refractivity contribution in [3.63, 3.8) is 0 Å². The van der Waals surface area contributed by atoms with Gasteiger partial charge in [0.15, 0.2) is 0 Å². The second-order valence-corrected chi connectivity index (χ2v) is 4.96. The SMILES string of the molecule is Cc1ccc(CCC(=O)N(C)c2cccc(O)c2)cc1. The van der Waals surface area contributed by atoms with Gasteiger partial charge in [-0.3, -0.25) is 4.79 Å². The van der Waals surface area contributed by atoms with Crippen LogP contribution in [0.4, 0.5) is 5.69 Å². The minimum absolute atomic E-state index is 0.0381. The van der Waals surface area contributed by atoms with Crippen LogP contribution in [0.25, 0.3) is 0 Å². The van der Waals surface area contributed by atoms with Gasteiger partial charge in [0.05, 0.1) is 0 Å². The zero-order valence-corrected chi connectivity index (χ0v) is 11.8. The van der Waals surface area contributed by atoms with Gasteiger partial charge in [-0.2, -0.15) is 0 Å². The van der Waals surface area contributed by atoms with E-state index in [1.807, 2.05) is 13.0 Å². The lowest BCUT2D eigenvalue weighted by Gasteiger charge is -2.17. The third kappa shape index (κ3) is 3.60. The molecule has 0 heterocycles. The van der Waals surface area contributed by atoms with E-state index in [4.69, 9.17) is 0 Å². The molecule has 0 bridgehead atoms. The van der Waals surface area contributed by atoms with Crippen molar-refractivity contribution in [3.05, 3.63) is 59.7 Å². The van der Waals surface area contributed by atoms with Crippen molar-refractivity contribution in [2.24, 2.45) is 0 Å². The number of hydrogen-bond acceptors (Lipinski definition) is 2. The van der Waals surface area contributed by atoms with Crippen LogP contribution in [0, 0.1) is 6.92 Å². The van der Waals surface area contributed by atoms with Gasteiger partial charge in [0, 0.05) is 25.2 Å². The number of carbonyl (C=O) groups excluding carboxylic acids is 1. The van der Waals surface area contributed by atoms with E-state index in [9.17, 15) is 9.90 Å². The van der Waals surface area contributed by atoms with E-state index in [0.717, 1.165) is 12.0 Å². The summed E-state index contributed by atoms with van der Waals surface area (Å²) >= 11 is 0. The van der Waals surface area contributed by atoms with Gasteiger partial charge < -0.3 is 10.0 Å². The van der Waals surface area contributed by atoms with Gasteiger partial charge >= 0.3 is 0 Å². The molecule has 2 rings (SSSR count). The highest BCUT2D eigenvalue weighted by molar-refractivity contribution is 5.93. The summed E-state index contributed by atoms with van der Waals surface area (Å²) in [6, 6.07) is 14.9. The predicted molar refractivity (Wildman–Crippen MR) is 81.0 cm³/mol. The maximum atomic E-state index is 12.1. The number of amides is 1. The highest BCUT2D eigenvalue weighted by Crippen LogP contribution is 2.19. The van der Waals surface area contributed by atoms with E-state index >= 15 is 0 Å². The Kier molecular flexibility index (Phi) is 4.41. The van der Waals surface area contributed by atoms with Crippen molar-refractivity contribution in [3.8, 4) is 5.75 Å². The van der Waals surface area contributed by atoms with Crippen molar-refractivity contribution < 1.29 is 9.90 Å². The average Bonchev–Trinajstić information content (AvgIpc) is 2.45. The number of aromatic hydroxyl groups is 1. The monoisotopic (exact) mass is 269 g/mol. The molecule has 0 saturated heterocycles. The maximum Gasteiger partial charge on any atom is 0.227 e. The lowest BCUT2D eigenvalue weighted by molar-refractivity contribution is -0.118. The van der Waals surface area contributed by atoms with E-state index in [0.29, 0.717) is 12.1 Å². The normalized spacial score (nSPS) is 10.3. The molecular weight excluding hydrogens is 250 g/mol. The fourth-order valence-corrected chi connectivity index (χ4v) is 2.02. The average molecular weight is 269 g/mol. The number of benzene rings is 2. The minimum Gasteiger partial charge on any atom is -0.508 e. The van der Waals surface area contributed by atoms with Crippen LogP contribution in [-0.4, -0.2) is 18.1 Å². The molecule has 0 fully saturated rings. The zero-order chi connectivity index (χ0) is 14.5. The first-order valence-corrected chi connectivity index (χ1v) is 6.67. The van der Waals surface area contributed by atoms with E-state index in [1.54, 1.807) is 30.1 Å². The molecule has 2 aromatic rings. The number of phenols is 1. The molecule has 0 aliphatic rings. The molecule has 0 unspecified atom stereocenters. The van der Waals surface area contributed by atoms with Crippen molar-refractivity contribution in [2.45, 2.75) is 19.8 Å². The van der Waals surface area contributed by atoms with Crippen molar-refractivity contribution in [2.75, 3.05) is 11.9 Å². The Balaban J connectivity index is 1.96. The van der Waals surface area contributed by atoms with Gasteiger partial charge in [0.2, 0.25) is 5.91 Å². The van der Waals surface area contributed by atoms with Crippen LogP contribution in [0.15, 0.2) is 48.5 Å². The van der Waals surface area contributed by atoms with Gasteiger partial charge in [-0.1, -0.05) is 35.9 Å².